The first kappa shape index (κ1) is 19.9. The van der Waals surface area contributed by atoms with Gasteiger partial charge in [0, 0.05) is 30.5 Å². The average Bonchev–Trinajstić information content (AvgIpc) is 3.39. The molecular formula is C22H27N7O. The van der Waals surface area contributed by atoms with Crippen molar-refractivity contribution >= 4 is 16.7 Å². The quantitative estimate of drug-likeness (QED) is 0.448. The van der Waals surface area contributed by atoms with Crippen molar-refractivity contribution in [2.45, 2.75) is 46.7 Å². The van der Waals surface area contributed by atoms with Crippen LogP contribution in [0.4, 0.5) is 5.69 Å². The Morgan fingerprint density at radius 2 is 2.17 bits per heavy atom. The minimum absolute atomic E-state index is 0.213. The van der Waals surface area contributed by atoms with Crippen LogP contribution in [0.5, 0.6) is 5.88 Å². The number of fused-ring (bicyclic) bond motifs is 1. The number of hydrogen-bond acceptors (Lipinski definition) is 6. The third-order valence-electron chi connectivity index (χ3n) is 4.84. The zero-order valence-corrected chi connectivity index (χ0v) is 17.8. The van der Waals surface area contributed by atoms with Gasteiger partial charge in [0.15, 0.2) is 0 Å². The molecule has 0 unspecified atom stereocenters. The zero-order valence-electron chi connectivity index (χ0n) is 17.8. The first-order valence-electron chi connectivity index (χ1n) is 10.3. The van der Waals surface area contributed by atoms with Crippen LogP contribution < -0.4 is 10.1 Å². The standard InChI is InChI=1S/C22H27N7O/c1-5-9-30-22-17(7-6-8-23-22)18-10-19(24-11-16-12-25-26-13-16)21-20(27-18)15(4)28-29(21)14(2)3/h6-8,10,12-14H,5,9,11H2,1-4H3,(H,24,27)(H,25,26). The summed E-state index contributed by atoms with van der Waals surface area (Å²) >= 11 is 0. The second kappa shape index (κ2) is 8.52. The Kier molecular flexibility index (Phi) is 5.65. The van der Waals surface area contributed by atoms with E-state index in [2.05, 4.69) is 47.3 Å². The van der Waals surface area contributed by atoms with Crippen LogP contribution in [0.15, 0.2) is 36.8 Å². The van der Waals surface area contributed by atoms with Crippen molar-refractivity contribution in [1.82, 2.24) is 29.9 Å². The Bertz CT molecular complexity index is 1130. The lowest BCUT2D eigenvalue weighted by Gasteiger charge is -2.15. The molecule has 8 heteroatoms. The fourth-order valence-electron chi connectivity index (χ4n) is 3.40. The minimum atomic E-state index is 0.213. The molecule has 4 rings (SSSR count). The van der Waals surface area contributed by atoms with Gasteiger partial charge in [-0.3, -0.25) is 9.78 Å². The van der Waals surface area contributed by atoms with Crippen molar-refractivity contribution in [3.8, 4) is 17.1 Å². The molecule has 0 aliphatic carbocycles. The zero-order chi connectivity index (χ0) is 21.1. The maximum absolute atomic E-state index is 5.88. The number of nitrogens with one attached hydrogen (secondary N) is 2. The molecule has 0 radical (unpaired) electrons. The summed E-state index contributed by atoms with van der Waals surface area (Å²) in [7, 11) is 0. The third kappa shape index (κ3) is 3.85. The summed E-state index contributed by atoms with van der Waals surface area (Å²) in [5.41, 5.74) is 6.49. The maximum atomic E-state index is 5.88. The highest BCUT2D eigenvalue weighted by Gasteiger charge is 2.19. The van der Waals surface area contributed by atoms with Crippen LogP contribution in [0.3, 0.4) is 0 Å². The van der Waals surface area contributed by atoms with Gasteiger partial charge in [0.2, 0.25) is 5.88 Å². The monoisotopic (exact) mass is 405 g/mol. The molecule has 0 aromatic carbocycles. The molecule has 0 atom stereocenters. The minimum Gasteiger partial charge on any atom is -0.477 e. The number of aromatic amines is 1. The Morgan fingerprint density at radius 1 is 1.30 bits per heavy atom. The van der Waals surface area contributed by atoms with Crippen molar-refractivity contribution in [3.63, 3.8) is 0 Å². The number of ether oxygens (including phenoxy) is 1. The smallest absolute Gasteiger partial charge is 0.222 e. The first-order valence-corrected chi connectivity index (χ1v) is 10.3. The summed E-state index contributed by atoms with van der Waals surface area (Å²) < 4.78 is 7.91. The predicted molar refractivity (Wildman–Crippen MR) is 118 cm³/mol. The van der Waals surface area contributed by atoms with E-state index in [1.807, 2.05) is 36.1 Å². The normalized spacial score (nSPS) is 11.4. The van der Waals surface area contributed by atoms with Gasteiger partial charge >= 0.3 is 0 Å². The molecule has 156 valence electrons. The number of aromatic nitrogens is 6. The Morgan fingerprint density at radius 3 is 2.90 bits per heavy atom. The van der Waals surface area contributed by atoms with Crippen LogP contribution in [0.2, 0.25) is 0 Å². The summed E-state index contributed by atoms with van der Waals surface area (Å²) in [6.07, 6.45) is 6.36. The van der Waals surface area contributed by atoms with Crippen molar-refractivity contribution in [2.24, 2.45) is 0 Å². The average molecular weight is 406 g/mol. The maximum Gasteiger partial charge on any atom is 0.222 e. The number of H-pyrrole nitrogens is 1. The van der Waals surface area contributed by atoms with Gasteiger partial charge in [-0.2, -0.15) is 10.2 Å². The first-order chi connectivity index (χ1) is 14.6. The van der Waals surface area contributed by atoms with Crippen LogP contribution in [0.25, 0.3) is 22.3 Å². The molecule has 8 nitrogen and oxygen atoms in total. The van der Waals surface area contributed by atoms with Gasteiger partial charge in [0.25, 0.3) is 0 Å². The molecule has 4 aromatic heterocycles. The van der Waals surface area contributed by atoms with Crippen molar-refractivity contribution < 1.29 is 4.74 Å². The van der Waals surface area contributed by atoms with E-state index in [0.29, 0.717) is 19.0 Å². The molecule has 0 spiro atoms. The van der Waals surface area contributed by atoms with Crippen molar-refractivity contribution in [1.29, 1.82) is 0 Å². The number of hydrogen-bond donors (Lipinski definition) is 2. The van der Waals surface area contributed by atoms with E-state index in [4.69, 9.17) is 14.8 Å². The van der Waals surface area contributed by atoms with Crippen LogP contribution >= 0.6 is 0 Å². The van der Waals surface area contributed by atoms with Gasteiger partial charge in [-0.05, 0) is 45.4 Å². The van der Waals surface area contributed by atoms with E-state index in [0.717, 1.165) is 45.7 Å². The lowest BCUT2D eigenvalue weighted by atomic mass is 10.1. The van der Waals surface area contributed by atoms with Gasteiger partial charge in [0.1, 0.15) is 11.0 Å². The molecule has 30 heavy (non-hydrogen) atoms. The third-order valence-corrected chi connectivity index (χ3v) is 4.84. The van der Waals surface area contributed by atoms with E-state index in [1.54, 1.807) is 6.20 Å². The van der Waals surface area contributed by atoms with Crippen molar-refractivity contribution in [3.05, 3.63) is 48.0 Å². The molecule has 0 saturated carbocycles. The summed E-state index contributed by atoms with van der Waals surface area (Å²) in [6, 6.07) is 6.17. The molecule has 0 aliphatic heterocycles. The van der Waals surface area contributed by atoms with E-state index < -0.39 is 0 Å². The molecule has 4 heterocycles. The second-order valence-corrected chi connectivity index (χ2v) is 7.54. The Hall–Kier alpha value is -3.42. The van der Waals surface area contributed by atoms with E-state index in [9.17, 15) is 0 Å². The highest BCUT2D eigenvalue weighted by molar-refractivity contribution is 5.93. The molecule has 0 aliphatic rings. The predicted octanol–water partition coefficient (Wildman–Crippen LogP) is 4.51. The number of anilines is 1. The second-order valence-electron chi connectivity index (χ2n) is 7.54. The van der Waals surface area contributed by atoms with Gasteiger partial charge in [-0.15, -0.1) is 0 Å². The lowest BCUT2D eigenvalue weighted by molar-refractivity contribution is 0.306. The van der Waals surface area contributed by atoms with Gasteiger partial charge in [-0.1, -0.05) is 6.92 Å². The highest BCUT2D eigenvalue weighted by Crippen LogP contribution is 2.34. The molecule has 0 amide bonds. The topological polar surface area (TPSA) is 93.5 Å². The summed E-state index contributed by atoms with van der Waals surface area (Å²) in [4.78, 5) is 9.39. The number of rotatable bonds is 8. The SMILES string of the molecule is CCCOc1ncccc1-c1cc(NCc2cn[nH]c2)c2c(n1)c(C)nn2C(C)C. The molecule has 4 aromatic rings. The largest absolute Gasteiger partial charge is 0.477 e. The van der Waals surface area contributed by atoms with Crippen LogP contribution in [0.1, 0.15) is 44.5 Å². The molecule has 2 N–H and O–H groups in total. The Balaban J connectivity index is 1.85. The van der Waals surface area contributed by atoms with Crippen LogP contribution in [-0.2, 0) is 6.54 Å². The fourth-order valence-corrected chi connectivity index (χ4v) is 3.40. The molecular weight excluding hydrogens is 378 g/mol. The van der Waals surface area contributed by atoms with Crippen LogP contribution in [0, 0.1) is 6.92 Å². The van der Waals surface area contributed by atoms with Crippen molar-refractivity contribution in [2.75, 3.05) is 11.9 Å². The van der Waals surface area contributed by atoms with E-state index in [-0.39, 0.29) is 6.04 Å². The molecule has 0 saturated heterocycles. The number of nitrogens with zero attached hydrogens (tertiary/aromatic N) is 5. The summed E-state index contributed by atoms with van der Waals surface area (Å²) in [6.45, 7) is 9.57. The van der Waals surface area contributed by atoms with Crippen LogP contribution in [-0.4, -0.2) is 36.6 Å². The summed E-state index contributed by atoms with van der Waals surface area (Å²) in [5.74, 6) is 0.598. The molecule has 0 bridgehead atoms. The number of pyridine rings is 2. The lowest BCUT2D eigenvalue weighted by Crippen LogP contribution is -2.07. The van der Waals surface area contributed by atoms with Gasteiger partial charge in [0.05, 0.1) is 35.4 Å². The highest BCUT2D eigenvalue weighted by atomic mass is 16.5. The van der Waals surface area contributed by atoms with E-state index in [1.165, 1.54) is 0 Å². The van der Waals surface area contributed by atoms with E-state index >= 15 is 0 Å². The fraction of sp³-hybridized carbons (Fsp3) is 0.364. The number of aryl methyl sites for hydroxylation is 1. The summed E-state index contributed by atoms with van der Waals surface area (Å²) in [5, 5.41) is 15.2. The van der Waals surface area contributed by atoms with Gasteiger partial charge in [-0.25, -0.2) is 9.97 Å². The Labute approximate surface area is 175 Å². The van der Waals surface area contributed by atoms with Gasteiger partial charge < -0.3 is 10.1 Å². The molecule has 0 fully saturated rings.